The number of benzene rings is 1. The second-order valence-corrected chi connectivity index (χ2v) is 8.90. The molecule has 0 aromatic heterocycles. The standard InChI is InChI=1S/C22H32N2O3/c1-16(2)12-18-4-6-19(7-5-18)14-23-10-8-22(9-11-23)13-20(21(26)27)24(15-22)17(3)25/h4-7,16,20H,8-15H2,1-3H3,(H,26,27)/t20-/m0/s1. The van der Waals surface area contributed by atoms with Crippen LogP contribution in [-0.4, -0.2) is 52.5 Å². The van der Waals surface area contributed by atoms with Gasteiger partial charge in [0.15, 0.2) is 0 Å². The minimum absolute atomic E-state index is 0.0215. The molecule has 2 saturated heterocycles. The Morgan fingerprint density at radius 2 is 1.74 bits per heavy atom. The van der Waals surface area contributed by atoms with Crippen LogP contribution in [0.15, 0.2) is 24.3 Å². The van der Waals surface area contributed by atoms with Crippen LogP contribution in [0.25, 0.3) is 0 Å². The van der Waals surface area contributed by atoms with E-state index in [1.165, 1.54) is 18.1 Å². The fourth-order valence-electron chi connectivity index (χ4n) is 4.67. The first kappa shape index (κ1) is 19.9. The summed E-state index contributed by atoms with van der Waals surface area (Å²) in [6.45, 7) is 9.42. The molecule has 1 N–H and O–H groups in total. The van der Waals surface area contributed by atoms with Crippen LogP contribution in [0.5, 0.6) is 0 Å². The molecule has 1 atom stereocenters. The summed E-state index contributed by atoms with van der Waals surface area (Å²) in [4.78, 5) is 27.4. The van der Waals surface area contributed by atoms with Gasteiger partial charge in [-0.3, -0.25) is 9.69 Å². The maximum absolute atomic E-state index is 11.8. The highest BCUT2D eigenvalue weighted by molar-refractivity contribution is 5.83. The molecule has 1 amide bonds. The Hall–Kier alpha value is -1.88. The van der Waals surface area contributed by atoms with Crippen molar-refractivity contribution in [3.8, 4) is 0 Å². The van der Waals surface area contributed by atoms with Crippen LogP contribution in [0.1, 0.15) is 51.2 Å². The van der Waals surface area contributed by atoms with Gasteiger partial charge in [-0.1, -0.05) is 38.1 Å². The topological polar surface area (TPSA) is 60.9 Å². The third-order valence-corrected chi connectivity index (χ3v) is 6.19. The smallest absolute Gasteiger partial charge is 0.326 e. The van der Waals surface area contributed by atoms with Gasteiger partial charge in [-0.2, -0.15) is 0 Å². The first-order valence-electron chi connectivity index (χ1n) is 10.1. The van der Waals surface area contributed by atoms with Gasteiger partial charge >= 0.3 is 5.97 Å². The van der Waals surface area contributed by atoms with Crippen LogP contribution in [0.2, 0.25) is 0 Å². The third kappa shape index (κ3) is 4.70. The molecule has 1 aromatic carbocycles. The highest BCUT2D eigenvalue weighted by Crippen LogP contribution is 2.43. The maximum Gasteiger partial charge on any atom is 0.326 e. The highest BCUT2D eigenvalue weighted by Gasteiger charge is 2.48. The summed E-state index contributed by atoms with van der Waals surface area (Å²) < 4.78 is 0. The summed E-state index contributed by atoms with van der Waals surface area (Å²) in [5, 5.41) is 9.47. The van der Waals surface area contributed by atoms with E-state index in [0.717, 1.165) is 38.9 Å². The Bertz CT molecular complexity index is 651. The van der Waals surface area contributed by atoms with E-state index in [9.17, 15) is 14.7 Å². The Kier molecular flexibility index (Phi) is 5.89. The van der Waals surface area contributed by atoms with Crippen LogP contribution in [0, 0.1) is 11.3 Å². The second-order valence-electron chi connectivity index (χ2n) is 8.90. The number of carboxylic acids is 1. The Balaban J connectivity index is 1.56. The lowest BCUT2D eigenvalue weighted by atomic mass is 9.76. The quantitative estimate of drug-likeness (QED) is 0.862. The number of aliphatic carboxylic acids is 1. The van der Waals surface area contributed by atoms with E-state index in [2.05, 4.69) is 43.0 Å². The van der Waals surface area contributed by atoms with Crippen LogP contribution < -0.4 is 0 Å². The summed E-state index contributed by atoms with van der Waals surface area (Å²) in [7, 11) is 0. The van der Waals surface area contributed by atoms with Crippen molar-refractivity contribution in [3.05, 3.63) is 35.4 Å². The molecule has 1 aromatic rings. The lowest BCUT2D eigenvalue weighted by Gasteiger charge is -2.39. The molecule has 1 spiro atoms. The van der Waals surface area contributed by atoms with Crippen LogP contribution in [0.4, 0.5) is 0 Å². The number of nitrogens with zero attached hydrogens (tertiary/aromatic N) is 2. The van der Waals surface area contributed by atoms with Crippen LogP contribution in [-0.2, 0) is 22.6 Å². The average Bonchev–Trinajstić information content (AvgIpc) is 2.99. The number of rotatable bonds is 5. The van der Waals surface area contributed by atoms with Gasteiger partial charge in [-0.25, -0.2) is 4.79 Å². The largest absolute Gasteiger partial charge is 0.480 e. The summed E-state index contributed by atoms with van der Waals surface area (Å²) in [6, 6.07) is 8.29. The van der Waals surface area contributed by atoms with Gasteiger partial charge in [-0.05, 0) is 61.2 Å². The zero-order valence-electron chi connectivity index (χ0n) is 16.8. The molecule has 0 bridgehead atoms. The zero-order valence-corrected chi connectivity index (χ0v) is 16.8. The average molecular weight is 373 g/mol. The second kappa shape index (κ2) is 8.01. The number of piperidine rings is 1. The van der Waals surface area contributed by atoms with E-state index in [4.69, 9.17) is 0 Å². The molecular formula is C22H32N2O3. The van der Waals surface area contributed by atoms with E-state index < -0.39 is 12.0 Å². The highest BCUT2D eigenvalue weighted by atomic mass is 16.4. The van der Waals surface area contributed by atoms with Gasteiger partial charge in [0.1, 0.15) is 6.04 Å². The van der Waals surface area contributed by atoms with Gasteiger partial charge in [0.05, 0.1) is 0 Å². The number of carbonyl (C=O) groups excluding carboxylic acids is 1. The van der Waals surface area contributed by atoms with Crippen molar-refractivity contribution in [2.75, 3.05) is 19.6 Å². The molecule has 0 unspecified atom stereocenters. The number of carboxylic acid groups (broad SMARTS) is 1. The molecule has 148 valence electrons. The summed E-state index contributed by atoms with van der Waals surface area (Å²) in [5.41, 5.74) is 2.70. The monoisotopic (exact) mass is 372 g/mol. The molecule has 27 heavy (non-hydrogen) atoms. The molecule has 5 nitrogen and oxygen atoms in total. The molecule has 0 saturated carbocycles. The minimum Gasteiger partial charge on any atom is -0.480 e. The Morgan fingerprint density at radius 1 is 1.15 bits per heavy atom. The van der Waals surface area contributed by atoms with Crippen molar-refractivity contribution < 1.29 is 14.7 Å². The van der Waals surface area contributed by atoms with E-state index in [1.807, 2.05) is 0 Å². The third-order valence-electron chi connectivity index (χ3n) is 6.19. The number of hydrogen-bond acceptors (Lipinski definition) is 3. The summed E-state index contributed by atoms with van der Waals surface area (Å²) in [5.74, 6) is -0.320. The van der Waals surface area contributed by atoms with Crippen molar-refractivity contribution in [3.63, 3.8) is 0 Å². The molecule has 5 heteroatoms. The summed E-state index contributed by atoms with van der Waals surface area (Å²) >= 11 is 0. The molecular weight excluding hydrogens is 340 g/mol. The van der Waals surface area contributed by atoms with Crippen LogP contribution >= 0.6 is 0 Å². The number of likely N-dealkylation sites (tertiary alicyclic amines) is 2. The predicted octanol–water partition coefficient (Wildman–Crippen LogP) is 3.17. The van der Waals surface area contributed by atoms with Gasteiger partial charge in [0, 0.05) is 20.0 Å². The Labute approximate surface area is 162 Å². The number of hydrogen-bond donors (Lipinski definition) is 1. The van der Waals surface area contributed by atoms with Crippen LogP contribution in [0.3, 0.4) is 0 Å². The van der Waals surface area contributed by atoms with Crippen molar-refractivity contribution in [2.24, 2.45) is 11.3 Å². The first-order valence-corrected chi connectivity index (χ1v) is 10.1. The van der Waals surface area contributed by atoms with Crippen molar-refractivity contribution in [1.29, 1.82) is 0 Å². The molecule has 2 fully saturated rings. The molecule has 2 heterocycles. The van der Waals surface area contributed by atoms with E-state index in [-0.39, 0.29) is 11.3 Å². The van der Waals surface area contributed by atoms with E-state index in [0.29, 0.717) is 18.9 Å². The first-order chi connectivity index (χ1) is 12.8. The fourth-order valence-corrected chi connectivity index (χ4v) is 4.67. The number of carbonyl (C=O) groups is 2. The van der Waals surface area contributed by atoms with E-state index >= 15 is 0 Å². The van der Waals surface area contributed by atoms with E-state index in [1.54, 1.807) is 4.90 Å². The number of amides is 1. The molecule has 0 radical (unpaired) electrons. The predicted molar refractivity (Wildman–Crippen MR) is 105 cm³/mol. The van der Waals surface area contributed by atoms with Crippen molar-refractivity contribution in [2.45, 2.75) is 59.0 Å². The molecule has 2 aliphatic heterocycles. The lowest BCUT2D eigenvalue weighted by Crippen LogP contribution is -2.42. The summed E-state index contributed by atoms with van der Waals surface area (Å²) in [6.07, 6.45) is 3.64. The van der Waals surface area contributed by atoms with Crippen molar-refractivity contribution in [1.82, 2.24) is 9.80 Å². The van der Waals surface area contributed by atoms with Gasteiger partial charge in [0.2, 0.25) is 5.91 Å². The zero-order chi connectivity index (χ0) is 19.6. The van der Waals surface area contributed by atoms with Gasteiger partial charge < -0.3 is 10.0 Å². The fraction of sp³-hybridized carbons (Fsp3) is 0.636. The molecule has 0 aliphatic carbocycles. The maximum atomic E-state index is 11.8. The SMILES string of the molecule is CC(=O)N1CC2(CCN(Cc3ccc(CC(C)C)cc3)CC2)C[C@H]1C(=O)O. The van der Waals surface area contributed by atoms with Gasteiger partial charge in [-0.15, -0.1) is 0 Å². The Morgan fingerprint density at radius 3 is 2.22 bits per heavy atom. The molecule has 3 rings (SSSR count). The lowest BCUT2D eigenvalue weighted by molar-refractivity contribution is -0.147. The minimum atomic E-state index is -0.869. The normalized spacial score (nSPS) is 22.5. The molecule has 2 aliphatic rings. The van der Waals surface area contributed by atoms with Crippen molar-refractivity contribution >= 4 is 11.9 Å². The van der Waals surface area contributed by atoms with Gasteiger partial charge in [0.25, 0.3) is 0 Å².